The van der Waals surface area contributed by atoms with Gasteiger partial charge >= 0.3 is 0 Å². The molecule has 1 aliphatic rings. The summed E-state index contributed by atoms with van der Waals surface area (Å²) in [6.45, 7) is 6.09. The van der Waals surface area contributed by atoms with E-state index >= 15 is 0 Å². The number of carbonyl (C=O) groups is 1. The van der Waals surface area contributed by atoms with Gasteiger partial charge in [0.2, 0.25) is 0 Å². The van der Waals surface area contributed by atoms with E-state index in [1.165, 1.54) is 6.07 Å². The number of hydrogen-bond acceptors (Lipinski definition) is 3. The molecule has 1 atom stereocenters. The van der Waals surface area contributed by atoms with Crippen LogP contribution in [0.25, 0.3) is 0 Å². The molecule has 2 aromatic rings. The zero-order valence-corrected chi connectivity index (χ0v) is 13.5. The third kappa shape index (κ3) is 3.11. The van der Waals surface area contributed by atoms with Gasteiger partial charge in [0.1, 0.15) is 11.6 Å². The Balaban J connectivity index is 1.95. The molecule has 0 aliphatic carbocycles. The molecular weight excluding hydrogens is 307 g/mol. The summed E-state index contributed by atoms with van der Waals surface area (Å²) in [6.07, 6.45) is -0.612. The van der Waals surface area contributed by atoms with Crippen LogP contribution < -0.4 is 15.4 Å². The Labute approximate surface area is 140 Å². The van der Waals surface area contributed by atoms with Gasteiger partial charge in [-0.25, -0.2) is 4.39 Å². The van der Waals surface area contributed by atoms with Crippen LogP contribution in [0, 0.1) is 5.82 Å². The quantitative estimate of drug-likeness (QED) is 0.693. The third-order valence-corrected chi connectivity index (χ3v) is 3.88. The van der Waals surface area contributed by atoms with E-state index in [1.54, 1.807) is 41.3 Å². The van der Waals surface area contributed by atoms with Crippen molar-refractivity contribution in [1.82, 2.24) is 0 Å². The van der Waals surface area contributed by atoms with Crippen LogP contribution >= 0.6 is 0 Å². The van der Waals surface area contributed by atoms with Crippen LogP contribution in [0.5, 0.6) is 5.75 Å². The number of halogens is 1. The van der Waals surface area contributed by atoms with Gasteiger partial charge in [-0.15, -0.1) is 0 Å². The number of benzene rings is 2. The molecule has 24 heavy (non-hydrogen) atoms. The summed E-state index contributed by atoms with van der Waals surface area (Å²) in [6, 6.07) is 11.6. The summed E-state index contributed by atoms with van der Waals surface area (Å²) in [5, 5.41) is 0. The van der Waals surface area contributed by atoms with Gasteiger partial charge in [0.25, 0.3) is 5.91 Å². The molecule has 1 aliphatic heterocycles. The number of carbonyl (C=O) groups excluding carboxylic acids is 1. The van der Waals surface area contributed by atoms with Gasteiger partial charge in [-0.3, -0.25) is 4.79 Å². The van der Waals surface area contributed by atoms with Gasteiger partial charge in [-0.05, 0) is 36.8 Å². The summed E-state index contributed by atoms with van der Waals surface area (Å²) in [5.41, 5.74) is 8.28. The second kappa shape index (κ2) is 6.35. The molecule has 1 unspecified atom stereocenters. The predicted molar refractivity (Wildman–Crippen MR) is 92.5 cm³/mol. The highest BCUT2D eigenvalue weighted by Gasteiger charge is 2.34. The molecule has 0 fully saturated rings. The van der Waals surface area contributed by atoms with Gasteiger partial charge in [-0.2, -0.15) is 0 Å². The average molecular weight is 326 g/mol. The van der Waals surface area contributed by atoms with E-state index in [9.17, 15) is 9.18 Å². The molecule has 124 valence electrons. The zero-order valence-electron chi connectivity index (χ0n) is 13.5. The SMILES string of the molecule is C=C(C)CN1C(=O)C(Cc2ccccc2F)Oc2ccc(N)cc21. The summed E-state index contributed by atoms with van der Waals surface area (Å²) in [5.74, 6) is -0.00537. The van der Waals surface area contributed by atoms with E-state index in [-0.39, 0.29) is 18.1 Å². The molecule has 1 heterocycles. The first-order valence-corrected chi connectivity index (χ1v) is 7.71. The van der Waals surface area contributed by atoms with Crippen molar-refractivity contribution in [2.24, 2.45) is 0 Å². The average Bonchev–Trinajstić information content (AvgIpc) is 2.53. The van der Waals surface area contributed by atoms with E-state index in [0.717, 1.165) is 5.57 Å². The Bertz CT molecular complexity index is 804. The fraction of sp³-hybridized carbons (Fsp3) is 0.211. The maximum Gasteiger partial charge on any atom is 0.268 e. The molecule has 5 heteroatoms. The Morgan fingerprint density at radius 3 is 2.79 bits per heavy atom. The topological polar surface area (TPSA) is 55.6 Å². The molecule has 0 saturated carbocycles. The zero-order chi connectivity index (χ0) is 17.3. The highest BCUT2D eigenvalue weighted by Crippen LogP contribution is 2.36. The number of nitrogen functional groups attached to an aromatic ring is 1. The normalized spacial score (nSPS) is 16.5. The van der Waals surface area contributed by atoms with Crippen LogP contribution in [0.4, 0.5) is 15.8 Å². The smallest absolute Gasteiger partial charge is 0.268 e. The standard InChI is InChI=1S/C19H19FN2O2/c1-12(2)11-22-16-10-14(21)7-8-17(16)24-18(19(22)23)9-13-5-3-4-6-15(13)20/h3-8,10,18H,1,9,11,21H2,2H3. The van der Waals surface area contributed by atoms with Crippen molar-refractivity contribution in [2.75, 3.05) is 17.2 Å². The summed E-state index contributed by atoms with van der Waals surface area (Å²) < 4.78 is 19.7. The molecule has 0 bridgehead atoms. The van der Waals surface area contributed by atoms with Crippen LogP contribution in [0.3, 0.4) is 0 Å². The molecule has 0 aromatic heterocycles. The van der Waals surface area contributed by atoms with Crippen molar-refractivity contribution >= 4 is 17.3 Å². The number of amides is 1. The molecule has 2 aromatic carbocycles. The number of nitrogens with two attached hydrogens (primary N) is 1. The summed E-state index contributed by atoms with van der Waals surface area (Å²) >= 11 is 0. The van der Waals surface area contributed by atoms with Crippen LogP contribution in [-0.2, 0) is 11.2 Å². The van der Waals surface area contributed by atoms with E-state index < -0.39 is 6.10 Å². The Morgan fingerprint density at radius 1 is 1.33 bits per heavy atom. The van der Waals surface area contributed by atoms with Crippen LogP contribution in [-0.4, -0.2) is 18.6 Å². The lowest BCUT2D eigenvalue weighted by atomic mass is 10.0. The highest BCUT2D eigenvalue weighted by atomic mass is 19.1. The van der Waals surface area contributed by atoms with E-state index in [2.05, 4.69) is 6.58 Å². The largest absolute Gasteiger partial charge is 0.478 e. The van der Waals surface area contributed by atoms with Gasteiger partial charge in [0.05, 0.1) is 5.69 Å². The van der Waals surface area contributed by atoms with Gasteiger partial charge in [0.15, 0.2) is 6.10 Å². The Kier molecular flexibility index (Phi) is 4.25. The monoisotopic (exact) mass is 326 g/mol. The highest BCUT2D eigenvalue weighted by molar-refractivity contribution is 6.01. The van der Waals surface area contributed by atoms with E-state index in [0.29, 0.717) is 29.2 Å². The van der Waals surface area contributed by atoms with E-state index in [1.807, 2.05) is 6.92 Å². The maximum absolute atomic E-state index is 13.9. The minimum atomic E-state index is -0.780. The molecule has 3 rings (SSSR count). The van der Waals surface area contributed by atoms with Crippen molar-refractivity contribution < 1.29 is 13.9 Å². The molecular formula is C19H19FN2O2. The van der Waals surface area contributed by atoms with Crippen molar-refractivity contribution in [1.29, 1.82) is 0 Å². The molecule has 0 radical (unpaired) electrons. The molecule has 4 nitrogen and oxygen atoms in total. The molecule has 1 amide bonds. The summed E-state index contributed by atoms with van der Waals surface area (Å²) in [7, 11) is 0. The minimum Gasteiger partial charge on any atom is -0.478 e. The molecule has 2 N–H and O–H groups in total. The number of ether oxygens (including phenoxy) is 1. The Hall–Kier alpha value is -2.82. The third-order valence-electron chi connectivity index (χ3n) is 3.88. The lowest BCUT2D eigenvalue weighted by Crippen LogP contribution is -2.47. The first-order chi connectivity index (χ1) is 11.5. The summed E-state index contributed by atoms with van der Waals surface area (Å²) in [4.78, 5) is 14.4. The Morgan fingerprint density at radius 2 is 2.08 bits per heavy atom. The molecule has 0 spiro atoms. The number of nitrogens with zero attached hydrogens (tertiary/aromatic N) is 1. The fourth-order valence-electron chi connectivity index (χ4n) is 2.77. The van der Waals surface area contributed by atoms with Crippen molar-refractivity contribution in [2.45, 2.75) is 19.4 Å². The number of rotatable bonds is 4. The van der Waals surface area contributed by atoms with Gasteiger partial charge in [0, 0.05) is 18.7 Å². The fourth-order valence-corrected chi connectivity index (χ4v) is 2.77. The minimum absolute atomic E-state index is 0.169. The first-order valence-electron chi connectivity index (χ1n) is 7.71. The molecule has 0 saturated heterocycles. The lowest BCUT2D eigenvalue weighted by molar-refractivity contribution is -0.126. The van der Waals surface area contributed by atoms with Gasteiger partial charge < -0.3 is 15.4 Å². The number of anilines is 2. The first kappa shape index (κ1) is 16.1. The van der Waals surface area contributed by atoms with Crippen LogP contribution in [0.15, 0.2) is 54.6 Å². The van der Waals surface area contributed by atoms with Gasteiger partial charge in [-0.1, -0.05) is 30.4 Å². The second-order valence-electron chi connectivity index (χ2n) is 6.01. The van der Waals surface area contributed by atoms with Crippen LogP contribution in [0.1, 0.15) is 12.5 Å². The van der Waals surface area contributed by atoms with Crippen molar-refractivity contribution in [3.05, 3.63) is 66.0 Å². The van der Waals surface area contributed by atoms with Crippen molar-refractivity contribution in [3.8, 4) is 5.75 Å². The van der Waals surface area contributed by atoms with E-state index in [4.69, 9.17) is 10.5 Å². The second-order valence-corrected chi connectivity index (χ2v) is 6.01. The van der Waals surface area contributed by atoms with Crippen molar-refractivity contribution in [3.63, 3.8) is 0 Å². The number of hydrogen-bond donors (Lipinski definition) is 1. The number of fused-ring (bicyclic) bond motifs is 1. The lowest BCUT2D eigenvalue weighted by Gasteiger charge is -2.34. The predicted octanol–water partition coefficient (Wildman–Crippen LogP) is 3.32. The maximum atomic E-state index is 13.9. The van der Waals surface area contributed by atoms with Crippen LogP contribution in [0.2, 0.25) is 0 Å².